The van der Waals surface area contributed by atoms with E-state index in [0.29, 0.717) is 0 Å². The molecule has 1 aromatic heterocycles. The summed E-state index contributed by atoms with van der Waals surface area (Å²) in [7, 11) is -3.52. The molecule has 0 fully saturated rings. The Labute approximate surface area is 352 Å². The molecule has 1 atom stereocenters. The number of imidazole rings is 1. The highest BCUT2D eigenvalue weighted by Crippen LogP contribution is 2.54. The largest absolute Gasteiger partial charge is 0.308 e. The zero-order valence-corrected chi connectivity index (χ0v) is 33.9. The van der Waals surface area contributed by atoms with E-state index in [1.165, 1.54) is 38.1 Å². The molecule has 0 N–H and O–H groups in total. The van der Waals surface area contributed by atoms with Gasteiger partial charge in [0.05, 0.1) is 22.0 Å². The van der Waals surface area contributed by atoms with Gasteiger partial charge in [-0.15, -0.1) is 0 Å². The van der Waals surface area contributed by atoms with E-state index in [2.05, 4.69) is 180 Å². The molecule has 0 aliphatic carbocycles. The van der Waals surface area contributed by atoms with E-state index in [4.69, 9.17) is 4.98 Å². The summed E-state index contributed by atoms with van der Waals surface area (Å²) >= 11 is 0. The van der Waals surface area contributed by atoms with Crippen molar-refractivity contribution in [1.82, 2.24) is 9.55 Å². The monoisotopic (exact) mass is 794 g/mol. The average molecular weight is 795 g/mol. The zero-order valence-electron chi connectivity index (χ0n) is 33.0. The summed E-state index contributed by atoms with van der Waals surface area (Å²) in [6.07, 6.45) is 0. The predicted octanol–water partition coefficient (Wildman–Crippen LogP) is 13.7. The third-order valence-corrected chi connectivity index (χ3v) is 16.1. The molecule has 0 saturated carbocycles. The molecule has 0 amide bonds. The highest BCUT2D eigenvalue weighted by molar-refractivity contribution is 7.86. The number of rotatable bonds is 4. The Kier molecular flexibility index (Phi) is 7.29. The smallest absolute Gasteiger partial charge is 0.175 e. The molecule has 4 heteroatoms. The number of para-hydroxylation sites is 1. The van der Waals surface area contributed by atoms with Crippen molar-refractivity contribution in [3.8, 4) is 39.3 Å². The summed E-state index contributed by atoms with van der Waals surface area (Å²) in [5, 5.41) is 14.3. The van der Waals surface area contributed by atoms with E-state index in [1.54, 1.807) is 0 Å². The van der Waals surface area contributed by atoms with E-state index in [0.717, 1.165) is 82.1 Å². The van der Waals surface area contributed by atoms with Crippen molar-refractivity contribution >= 4 is 88.0 Å². The molecule has 0 radical (unpaired) electrons. The lowest BCUT2D eigenvalue weighted by Gasteiger charge is -2.32. The second-order valence-corrected chi connectivity index (χ2v) is 18.8. The van der Waals surface area contributed by atoms with E-state index in [1.807, 2.05) is 36.4 Å². The lowest BCUT2D eigenvalue weighted by molar-refractivity contribution is 0.592. The first-order chi connectivity index (χ1) is 30.1. The van der Waals surface area contributed by atoms with Crippen LogP contribution in [0.5, 0.6) is 0 Å². The van der Waals surface area contributed by atoms with Gasteiger partial charge in [-0.1, -0.05) is 182 Å². The average Bonchev–Trinajstić information content (AvgIpc) is 3.72. The number of benzene rings is 11. The lowest BCUT2D eigenvalue weighted by Crippen LogP contribution is -2.34. The van der Waals surface area contributed by atoms with Crippen LogP contribution in [-0.4, -0.2) is 9.55 Å². The highest BCUT2D eigenvalue weighted by atomic mass is 31.2. The SMILES string of the molecule is O=P1(c2ccccc2)c2c(-c3c4ccccc4c(-c4ccc5c(ccc6ccccc65)c4)c4ccccc34)cccc2-n2c(-c3ccc4ccccc4c3)nc3cccc1c32. The molecule has 61 heavy (non-hydrogen) atoms. The normalized spacial score (nSPS) is 14.7. The van der Waals surface area contributed by atoms with Gasteiger partial charge in [0, 0.05) is 16.2 Å². The fraction of sp³-hybridized carbons (Fsp3) is 0. The Bertz CT molecular complexity index is 3810. The van der Waals surface area contributed by atoms with Crippen LogP contribution in [0.3, 0.4) is 0 Å². The van der Waals surface area contributed by atoms with Gasteiger partial charge >= 0.3 is 0 Å². The van der Waals surface area contributed by atoms with Crippen LogP contribution in [0.1, 0.15) is 0 Å². The van der Waals surface area contributed by atoms with Crippen LogP contribution >= 0.6 is 7.14 Å². The van der Waals surface area contributed by atoms with Crippen molar-refractivity contribution in [2.75, 3.05) is 0 Å². The number of fused-ring (bicyclic) bond motifs is 8. The van der Waals surface area contributed by atoms with Gasteiger partial charge in [0.15, 0.2) is 7.14 Å². The van der Waals surface area contributed by atoms with Crippen molar-refractivity contribution in [3.63, 3.8) is 0 Å². The summed E-state index contributed by atoms with van der Waals surface area (Å²) in [6.45, 7) is 0. The van der Waals surface area contributed by atoms with Crippen LogP contribution in [-0.2, 0) is 4.57 Å². The third-order valence-electron chi connectivity index (χ3n) is 12.9. The van der Waals surface area contributed by atoms with Gasteiger partial charge in [-0.2, -0.15) is 0 Å². The maximum Gasteiger partial charge on any atom is 0.175 e. The molecule has 2 heterocycles. The summed E-state index contributed by atoms with van der Waals surface area (Å²) in [5.74, 6) is 0.833. The maximum absolute atomic E-state index is 16.9. The molecule has 284 valence electrons. The molecule has 0 saturated heterocycles. The number of hydrogen-bond acceptors (Lipinski definition) is 2. The second-order valence-electron chi connectivity index (χ2n) is 16.2. The topological polar surface area (TPSA) is 34.9 Å². The molecule has 12 aromatic rings. The molecule has 11 aromatic carbocycles. The minimum Gasteiger partial charge on any atom is -0.308 e. The summed E-state index contributed by atoms with van der Waals surface area (Å²) in [5.41, 5.74) is 8.05. The molecule has 1 aliphatic heterocycles. The second kappa shape index (κ2) is 13.0. The summed E-state index contributed by atoms with van der Waals surface area (Å²) in [4.78, 5) is 5.35. The van der Waals surface area contributed by atoms with Crippen LogP contribution in [0.25, 0.3) is 104 Å². The minimum atomic E-state index is -3.52. The fourth-order valence-corrected chi connectivity index (χ4v) is 13.5. The van der Waals surface area contributed by atoms with Crippen LogP contribution in [0.4, 0.5) is 0 Å². The zero-order chi connectivity index (χ0) is 40.2. The van der Waals surface area contributed by atoms with Crippen molar-refractivity contribution in [2.24, 2.45) is 0 Å². The molecule has 13 rings (SSSR count). The highest BCUT2D eigenvalue weighted by Gasteiger charge is 2.42. The van der Waals surface area contributed by atoms with Crippen molar-refractivity contribution in [2.45, 2.75) is 0 Å². The molecular formula is C57H35N2OP. The van der Waals surface area contributed by atoms with Gasteiger partial charge in [-0.25, -0.2) is 4.98 Å². The molecular weight excluding hydrogens is 760 g/mol. The first kappa shape index (κ1) is 34.3. The molecule has 0 bridgehead atoms. The molecule has 3 nitrogen and oxygen atoms in total. The van der Waals surface area contributed by atoms with E-state index in [9.17, 15) is 0 Å². The number of nitrogens with zero attached hydrogens (tertiary/aromatic N) is 2. The van der Waals surface area contributed by atoms with Gasteiger partial charge in [0.1, 0.15) is 5.82 Å². The Hall–Kier alpha value is -7.58. The molecule has 1 aliphatic rings. The maximum atomic E-state index is 16.9. The van der Waals surface area contributed by atoms with Gasteiger partial charge in [0.25, 0.3) is 0 Å². The van der Waals surface area contributed by atoms with Crippen LogP contribution in [0.15, 0.2) is 212 Å². The Balaban J connectivity index is 1.14. The predicted molar refractivity (Wildman–Crippen MR) is 258 cm³/mol. The van der Waals surface area contributed by atoms with Gasteiger partial charge in [-0.05, 0) is 106 Å². The number of aromatic nitrogens is 2. The number of hydrogen-bond donors (Lipinski definition) is 0. The van der Waals surface area contributed by atoms with Crippen LogP contribution in [0, 0.1) is 0 Å². The van der Waals surface area contributed by atoms with E-state index >= 15 is 4.57 Å². The van der Waals surface area contributed by atoms with Gasteiger partial charge in [-0.3, -0.25) is 4.57 Å². The molecule has 0 spiro atoms. The Morgan fingerprint density at radius 1 is 0.410 bits per heavy atom. The Morgan fingerprint density at radius 2 is 0.984 bits per heavy atom. The van der Waals surface area contributed by atoms with Crippen molar-refractivity contribution in [1.29, 1.82) is 0 Å². The lowest BCUT2D eigenvalue weighted by atomic mass is 9.85. The first-order valence-electron chi connectivity index (χ1n) is 20.8. The van der Waals surface area contributed by atoms with E-state index < -0.39 is 7.14 Å². The Morgan fingerprint density at radius 3 is 1.75 bits per heavy atom. The quantitative estimate of drug-likeness (QED) is 0.101. The van der Waals surface area contributed by atoms with Crippen molar-refractivity contribution in [3.05, 3.63) is 212 Å². The summed E-state index contributed by atoms with van der Waals surface area (Å²) in [6, 6.07) is 75.3. The molecule has 1 unspecified atom stereocenters. The third kappa shape index (κ3) is 4.87. The fourth-order valence-electron chi connectivity index (χ4n) is 10.3. The van der Waals surface area contributed by atoms with Crippen LogP contribution < -0.4 is 15.9 Å². The van der Waals surface area contributed by atoms with Gasteiger partial charge < -0.3 is 4.57 Å². The van der Waals surface area contributed by atoms with Gasteiger partial charge in [0.2, 0.25) is 0 Å². The van der Waals surface area contributed by atoms with Crippen molar-refractivity contribution < 1.29 is 4.57 Å². The van der Waals surface area contributed by atoms with E-state index in [-0.39, 0.29) is 0 Å². The standard InChI is InChI=1S/C57H35N2OP/c60-61(42-17-2-1-3-18-42)52-27-13-25-50-55(52)59(57(58-50)41-31-28-36-14-4-5-16-38(36)34-41)51-26-12-24-49(56(51)61)54-47-22-10-8-20-45(47)53(46-21-9-11-23-48(46)54)40-32-33-44-39(35-40)30-29-37-15-6-7-19-43(37)44/h1-35H. The van der Waals surface area contributed by atoms with Crippen LogP contribution in [0.2, 0.25) is 0 Å². The summed E-state index contributed by atoms with van der Waals surface area (Å²) < 4.78 is 19.2. The first-order valence-corrected chi connectivity index (χ1v) is 22.5. The minimum absolute atomic E-state index is 0.810.